The highest BCUT2D eigenvalue weighted by molar-refractivity contribution is 7.15. The van der Waals surface area contributed by atoms with E-state index in [1.807, 2.05) is 0 Å². The number of nitrogens with zero attached hydrogens (tertiary/aromatic N) is 3. The van der Waals surface area contributed by atoms with Crippen LogP contribution in [-0.4, -0.2) is 40.7 Å². The van der Waals surface area contributed by atoms with Gasteiger partial charge in [-0.3, -0.25) is 4.40 Å². The van der Waals surface area contributed by atoms with Gasteiger partial charge in [-0.1, -0.05) is 0 Å². The molecule has 1 saturated heterocycles. The maximum absolute atomic E-state index is 5.83. The van der Waals surface area contributed by atoms with Gasteiger partial charge in [-0.2, -0.15) is 0 Å². The quantitative estimate of drug-likeness (QED) is 0.941. The normalized spacial score (nSPS) is 22.1. The van der Waals surface area contributed by atoms with Crippen LogP contribution in [0.25, 0.3) is 4.96 Å². The Morgan fingerprint density at radius 1 is 1.48 bits per heavy atom. The van der Waals surface area contributed by atoms with Crippen LogP contribution in [0.1, 0.15) is 32.4 Å². The van der Waals surface area contributed by atoms with Gasteiger partial charge in [0.1, 0.15) is 0 Å². The minimum absolute atomic E-state index is 0.101. The lowest BCUT2D eigenvalue weighted by Gasteiger charge is -2.38. The summed E-state index contributed by atoms with van der Waals surface area (Å²) in [5, 5.41) is 5.73. The van der Waals surface area contributed by atoms with Gasteiger partial charge in [0.25, 0.3) is 0 Å². The number of rotatable bonds is 4. The van der Waals surface area contributed by atoms with Gasteiger partial charge in [0.15, 0.2) is 10.8 Å². The van der Waals surface area contributed by atoms with Gasteiger partial charge in [-0.15, -0.1) is 11.3 Å². The first kappa shape index (κ1) is 13.5. The minimum atomic E-state index is -0.101. The number of ether oxygens (including phenoxy) is 1. The molecule has 0 bridgehead atoms. The molecule has 4 rings (SSSR count). The maximum atomic E-state index is 5.83. The Hall–Kier alpha value is -1.11. The number of anilines is 1. The fraction of sp³-hybridized carbons (Fsp3) is 0.667. The highest BCUT2D eigenvalue weighted by Crippen LogP contribution is 2.29. The molecule has 2 fully saturated rings. The van der Waals surface area contributed by atoms with E-state index in [0.29, 0.717) is 6.04 Å². The van der Waals surface area contributed by atoms with Crippen molar-refractivity contribution in [2.75, 3.05) is 24.6 Å². The molecular formula is C15H22N4OS. The first-order valence-corrected chi connectivity index (χ1v) is 8.57. The SMILES string of the molecule is CC1(C)CN(c2nc3sccn3c2CNC2CC2)CCO1. The van der Waals surface area contributed by atoms with Gasteiger partial charge in [-0.05, 0) is 26.7 Å². The molecule has 2 aromatic rings. The summed E-state index contributed by atoms with van der Waals surface area (Å²) in [5.41, 5.74) is 1.19. The first-order valence-electron chi connectivity index (χ1n) is 7.69. The van der Waals surface area contributed by atoms with E-state index in [9.17, 15) is 0 Å². The van der Waals surface area contributed by atoms with Gasteiger partial charge in [0.05, 0.1) is 17.9 Å². The largest absolute Gasteiger partial charge is 0.372 e. The highest BCUT2D eigenvalue weighted by Gasteiger charge is 2.31. The minimum Gasteiger partial charge on any atom is -0.372 e. The molecule has 0 radical (unpaired) electrons. The molecule has 0 spiro atoms. The van der Waals surface area contributed by atoms with E-state index in [-0.39, 0.29) is 5.60 Å². The highest BCUT2D eigenvalue weighted by atomic mass is 32.1. The molecule has 5 nitrogen and oxygen atoms in total. The van der Waals surface area contributed by atoms with Crippen molar-refractivity contribution in [3.05, 3.63) is 17.3 Å². The van der Waals surface area contributed by atoms with Gasteiger partial charge < -0.3 is 15.0 Å². The fourth-order valence-corrected chi connectivity index (χ4v) is 3.69. The van der Waals surface area contributed by atoms with Crippen LogP contribution in [0.15, 0.2) is 11.6 Å². The second kappa shape index (κ2) is 4.97. The van der Waals surface area contributed by atoms with Crippen LogP contribution in [0, 0.1) is 0 Å². The summed E-state index contributed by atoms with van der Waals surface area (Å²) < 4.78 is 8.07. The monoisotopic (exact) mass is 306 g/mol. The number of hydrogen-bond donors (Lipinski definition) is 1. The molecule has 21 heavy (non-hydrogen) atoms. The predicted molar refractivity (Wildman–Crippen MR) is 85.2 cm³/mol. The maximum Gasteiger partial charge on any atom is 0.195 e. The third kappa shape index (κ3) is 2.67. The molecule has 6 heteroatoms. The van der Waals surface area contributed by atoms with Crippen molar-refractivity contribution in [2.24, 2.45) is 0 Å². The van der Waals surface area contributed by atoms with Crippen molar-refractivity contribution in [1.29, 1.82) is 0 Å². The number of fused-ring (bicyclic) bond motifs is 1. The average Bonchev–Trinajstić information content (AvgIpc) is 3.03. The van der Waals surface area contributed by atoms with Crippen LogP contribution < -0.4 is 10.2 Å². The van der Waals surface area contributed by atoms with Crippen LogP contribution in [0.2, 0.25) is 0 Å². The van der Waals surface area contributed by atoms with E-state index >= 15 is 0 Å². The Morgan fingerprint density at radius 2 is 2.33 bits per heavy atom. The molecule has 0 amide bonds. The van der Waals surface area contributed by atoms with Gasteiger partial charge >= 0.3 is 0 Å². The zero-order valence-electron chi connectivity index (χ0n) is 12.6. The topological polar surface area (TPSA) is 41.8 Å². The molecule has 1 aliphatic heterocycles. The average molecular weight is 306 g/mol. The second-order valence-corrected chi connectivity index (χ2v) is 7.50. The Kier molecular flexibility index (Phi) is 3.20. The van der Waals surface area contributed by atoms with Crippen molar-refractivity contribution in [1.82, 2.24) is 14.7 Å². The summed E-state index contributed by atoms with van der Waals surface area (Å²) in [6.45, 7) is 7.79. The second-order valence-electron chi connectivity index (χ2n) is 6.62. The predicted octanol–water partition coefficient (Wildman–Crippen LogP) is 2.26. The Balaban J connectivity index is 1.65. The summed E-state index contributed by atoms with van der Waals surface area (Å²) in [5.74, 6) is 1.13. The van der Waals surface area contributed by atoms with E-state index in [0.717, 1.165) is 37.0 Å². The molecule has 1 N–H and O–H groups in total. The van der Waals surface area contributed by atoms with E-state index in [4.69, 9.17) is 9.72 Å². The first-order chi connectivity index (χ1) is 10.1. The molecular weight excluding hydrogens is 284 g/mol. The Bertz CT molecular complexity index is 643. The van der Waals surface area contributed by atoms with Crippen LogP contribution in [0.3, 0.4) is 0 Å². The lowest BCUT2D eigenvalue weighted by molar-refractivity contribution is -0.0279. The molecule has 1 saturated carbocycles. The number of hydrogen-bond acceptors (Lipinski definition) is 5. The number of thiazole rings is 1. The number of nitrogens with one attached hydrogen (secondary N) is 1. The molecule has 114 valence electrons. The molecule has 1 aliphatic carbocycles. The zero-order valence-corrected chi connectivity index (χ0v) is 13.4. The van der Waals surface area contributed by atoms with Crippen molar-refractivity contribution < 1.29 is 4.74 Å². The summed E-state index contributed by atoms with van der Waals surface area (Å²) in [4.78, 5) is 8.34. The van der Waals surface area contributed by atoms with Crippen LogP contribution in [0.4, 0.5) is 5.82 Å². The Labute approximate surface area is 128 Å². The number of aromatic nitrogens is 2. The Morgan fingerprint density at radius 3 is 3.10 bits per heavy atom. The summed E-state index contributed by atoms with van der Waals surface area (Å²) in [6, 6.07) is 0.711. The summed E-state index contributed by atoms with van der Waals surface area (Å²) >= 11 is 1.70. The van der Waals surface area contributed by atoms with Gasteiger partial charge in [-0.25, -0.2) is 4.98 Å². The van der Waals surface area contributed by atoms with E-state index in [1.165, 1.54) is 18.5 Å². The molecule has 3 heterocycles. The van der Waals surface area contributed by atoms with Crippen LogP contribution >= 0.6 is 11.3 Å². The fourth-order valence-electron chi connectivity index (χ4n) is 2.96. The lowest BCUT2D eigenvalue weighted by Crippen LogP contribution is -2.48. The van der Waals surface area contributed by atoms with E-state index < -0.39 is 0 Å². The van der Waals surface area contributed by atoms with Crippen molar-refractivity contribution >= 4 is 22.1 Å². The van der Waals surface area contributed by atoms with Crippen molar-refractivity contribution in [2.45, 2.75) is 44.9 Å². The van der Waals surface area contributed by atoms with E-state index in [2.05, 4.69) is 40.0 Å². The number of imidazole rings is 1. The summed E-state index contributed by atoms with van der Waals surface area (Å²) in [7, 11) is 0. The zero-order chi connectivity index (χ0) is 14.4. The van der Waals surface area contributed by atoms with Crippen molar-refractivity contribution in [3.63, 3.8) is 0 Å². The van der Waals surface area contributed by atoms with Gasteiger partial charge in [0.2, 0.25) is 0 Å². The van der Waals surface area contributed by atoms with Crippen LogP contribution in [0.5, 0.6) is 0 Å². The third-order valence-electron chi connectivity index (χ3n) is 4.20. The molecule has 2 aliphatic rings. The molecule has 0 unspecified atom stereocenters. The lowest BCUT2D eigenvalue weighted by atomic mass is 10.1. The third-order valence-corrected chi connectivity index (χ3v) is 4.96. The standard InChI is InChI=1S/C15H22N4OS/c1-15(2)10-18(5-7-20-15)13-12(9-16-11-3-4-11)19-6-8-21-14(19)17-13/h6,8,11,16H,3-5,7,9-10H2,1-2H3. The van der Waals surface area contributed by atoms with Gasteiger partial charge in [0, 0.05) is 37.3 Å². The van der Waals surface area contributed by atoms with E-state index in [1.54, 1.807) is 11.3 Å². The molecule has 0 aromatic carbocycles. The van der Waals surface area contributed by atoms with Crippen LogP contribution in [-0.2, 0) is 11.3 Å². The van der Waals surface area contributed by atoms with Crippen molar-refractivity contribution in [3.8, 4) is 0 Å². The summed E-state index contributed by atoms with van der Waals surface area (Å²) in [6.07, 6.45) is 4.75. The number of morpholine rings is 1. The molecule has 0 atom stereocenters. The molecule has 2 aromatic heterocycles. The smallest absolute Gasteiger partial charge is 0.195 e.